The van der Waals surface area contributed by atoms with E-state index in [0.29, 0.717) is 6.54 Å². The Hall–Kier alpha value is -3.25. The molecule has 0 spiro atoms. The minimum atomic E-state index is -0.403. The zero-order chi connectivity index (χ0) is 20.8. The number of hydrogen-bond donors (Lipinski definition) is 2. The number of aromatic nitrogens is 2. The molecule has 3 N–H and O–H groups in total. The summed E-state index contributed by atoms with van der Waals surface area (Å²) in [4.78, 5) is 22.9. The predicted octanol–water partition coefficient (Wildman–Crippen LogP) is 3.72. The Balaban J connectivity index is 1.39. The van der Waals surface area contributed by atoms with Gasteiger partial charge < -0.3 is 16.0 Å². The van der Waals surface area contributed by atoms with E-state index in [9.17, 15) is 4.79 Å². The molecule has 6 nitrogen and oxygen atoms in total. The van der Waals surface area contributed by atoms with Crippen molar-refractivity contribution in [3.05, 3.63) is 95.1 Å². The Morgan fingerprint density at radius 1 is 1.00 bits per heavy atom. The zero-order valence-corrected chi connectivity index (χ0v) is 17.0. The van der Waals surface area contributed by atoms with E-state index in [0.717, 1.165) is 49.3 Å². The number of amides is 2. The molecule has 30 heavy (non-hydrogen) atoms. The first-order valence-electron chi connectivity index (χ1n) is 10.4. The van der Waals surface area contributed by atoms with E-state index in [1.165, 1.54) is 11.1 Å². The highest BCUT2D eigenvalue weighted by molar-refractivity contribution is 5.72. The van der Waals surface area contributed by atoms with Crippen LogP contribution in [0.3, 0.4) is 0 Å². The first kappa shape index (κ1) is 20.0. The van der Waals surface area contributed by atoms with Gasteiger partial charge in [-0.15, -0.1) is 0 Å². The third-order valence-corrected chi connectivity index (χ3v) is 5.56. The van der Waals surface area contributed by atoms with Crippen molar-refractivity contribution < 1.29 is 4.79 Å². The molecule has 0 aliphatic heterocycles. The van der Waals surface area contributed by atoms with Crippen molar-refractivity contribution in [2.45, 2.75) is 44.9 Å². The maximum Gasteiger partial charge on any atom is 0.315 e. The number of primary amides is 1. The fourth-order valence-electron chi connectivity index (χ4n) is 4.03. The molecule has 1 atom stereocenters. The largest absolute Gasteiger partial charge is 0.351 e. The molecule has 0 bridgehead atoms. The molecule has 2 heterocycles. The van der Waals surface area contributed by atoms with Gasteiger partial charge in [-0.05, 0) is 54.2 Å². The Labute approximate surface area is 177 Å². The maximum atomic E-state index is 12.3. The molecule has 1 unspecified atom stereocenters. The molecule has 0 saturated carbocycles. The molecule has 0 saturated heterocycles. The van der Waals surface area contributed by atoms with Crippen molar-refractivity contribution in [2.75, 3.05) is 0 Å². The number of nitrogens with one attached hydrogen (secondary N) is 1. The molecular weight excluding hydrogens is 374 g/mol. The van der Waals surface area contributed by atoms with Gasteiger partial charge >= 0.3 is 6.03 Å². The lowest BCUT2D eigenvalue weighted by Crippen LogP contribution is -2.40. The highest BCUT2D eigenvalue weighted by atomic mass is 16.2. The van der Waals surface area contributed by atoms with E-state index in [1.54, 1.807) is 17.3 Å². The van der Waals surface area contributed by atoms with E-state index in [4.69, 9.17) is 5.73 Å². The first-order chi connectivity index (χ1) is 14.7. The predicted molar refractivity (Wildman–Crippen MR) is 116 cm³/mol. The number of hydrogen-bond acceptors (Lipinski definition) is 4. The lowest BCUT2D eigenvalue weighted by atomic mass is 9.90. The van der Waals surface area contributed by atoms with Gasteiger partial charge in [0, 0.05) is 32.0 Å². The number of carbonyl (C=O) groups excluding carboxylic acids is 1. The highest BCUT2D eigenvalue weighted by Gasteiger charge is 2.29. The maximum absolute atomic E-state index is 12.3. The number of rotatable bonds is 7. The molecule has 2 amide bonds. The molecule has 1 aliphatic carbocycles. The van der Waals surface area contributed by atoms with Gasteiger partial charge in [-0.2, -0.15) is 0 Å². The van der Waals surface area contributed by atoms with Gasteiger partial charge in [0.15, 0.2) is 0 Å². The molecule has 1 aromatic carbocycles. The molecule has 154 valence electrons. The number of nitrogens with two attached hydrogens (primary N) is 1. The van der Waals surface area contributed by atoms with Gasteiger partial charge in [0.1, 0.15) is 0 Å². The van der Waals surface area contributed by atoms with E-state index < -0.39 is 6.03 Å². The summed E-state index contributed by atoms with van der Waals surface area (Å²) in [7, 11) is 0. The van der Waals surface area contributed by atoms with Crippen molar-refractivity contribution in [2.24, 2.45) is 5.73 Å². The minimum absolute atomic E-state index is 0.0628. The number of urea groups is 1. The average molecular weight is 402 g/mol. The monoisotopic (exact) mass is 401 g/mol. The molecule has 3 aromatic rings. The summed E-state index contributed by atoms with van der Waals surface area (Å²) in [5, 5.41) is 3.40. The second-order valence-corrected chi connectivity index (χ2v) is 7.66. The molecule has 4 rings (SSSR count). The zero-order valence-electron chi connectivity index (χ0n) is 17.0. The number of nitrogens with zero attached hydrogens (tertiary/aromatic N) is 3. The molecule has 0 fully saturated rings. The molecule has 2 aromatic heterocycles. The van der Waals surface area contributed by atoms with E-state index in [2.05, 4.69) is 45.6 Å². The van der Waals surface area contributed by atoms with Crippen LogP contribution in [0, 0.1) is 0 Å². The third kappa shape index (κ3) is 4.83. The van der Waals surface area contributed by atoms with Crippen LogP contribution in [0.1, 0.15) is 47.0 Å². The van der Waals surface area contributed by atoms with Crippen molar-refractivity contribution in [3.8, 4) is 0 Å². The van der Waals surface area contributed by atoms with Crippen LogP contribution in [0.5, 0.6) is 0 Å². The normalized spacial score (nSPS) is 15.4. The van der Waals surface area contributed by atoms with Crippen molar-refractivity contribution >= 4 is 6.03 Å². The van der Waals surface area contributed by atoms with Crippen LogP contribution < -0.4 is 11.1 Å². The Bertz CT molecular complexity index is 974. The van der Waals surface area contributed by atoms with Gasteiger partial charge in [0.25, 0.3) is 0 Å². The van der Waals surface area contributed by atoms with Crippen molar-refractivity contribution in [1.82, 2.24) is 20.2 Å². The van der Waals surface area contributed by atoms with Crippen LogP contribution in [-0.4, -0.2) is 20.9 Å². The number of benzene rings is 1. The summed E-state index contributed by atoms with van der Waals surface area (Å²) in [5.74, 6) is 0. The van der Waals surface area contributed by atoms with Gasteiger partial charge in [0.05, 0.1) is 17.4 Å². The van der Waals surface area contributed by atoms with E-state index >= 15 is 0 Å². The Kier molecular flexibility index (Phi) is 6.35. The van der Waals surface area contributed by atoms with Crippen molar-refractivity contribution in [1.29, 1.82) is 0 Å². The third-order valence-electron chi connectivity index (χ3n) is 5.56. The van der Waals surface area contributed by atoms with Crippen LogP contribution >= 0.6 is 0 Å². The lowest BCUT2D eigenvalue weighted by molar-refractivity contribution is 0.169. The standard InChI is InChI=1S/C24H27N5O/c25-24(30)29(22-8-3-5-20-6-4-14-28-23(20)22)17-19-11-9-18(10-12-19)15-26-16-21-7-1-2-13-27-21/h1-2,4,6-7,9-14,22,26H,3,5,8,15-17H2,(H2,25,30). The smallest absolute Gasteiger partial charge is 0.315 e. The minimum Gasteiger partial charge on any atom is -0.351 e. The van der Waals surface area contributed by atoms with Gasteiger partial charge in [0.2, 0.25) is 0 Å². The van der Waals surface area contributed by atoms with Crippen LogP contribution in [0.15, 0.2) is 67.0 Å². The first-order valence-corrected chi connectivity index (χ1v) is 10.4. The van der Waals surface area contributed by atoms with Gasteiger partial charge in [-0.3, -0.25) is 9.97 Å². The second kappa shape index (κ2) is 9.50. The lowest BCUT2D eigenvalue weighted by Gasteiger charge is -2.34. The van der Waals surface area contributed by atoms with Crippen molar-refractivity contribution in [3.63, 3.8) is 0 Å². The number of carbonyl (C=O) groups is 1. The fourth-order valence-corrected chi connectivity index (χ4v) is 4.03. The Morgan fingerprint density at radius 2 is 1.80 bits per heavy atom. The van der Waals surface area contributed by atoms with Gasteiger partial charge in [-0.25, -0.2) is 4.79 Å². The summed E-state index contributed by atoms with van der Waals surface area (Å²) in [6.07, 6.45) is 6.53. The summed E-state index contributed by atoms with van der Waals surface area (Å²) >= 11 is 0. The topological polar surface area (TPSA) is 84.1 Å². The molecule has 0 radical (unpaired) electrons. The molecule has 6 heteroatoms. The average Bonchev–Trinajstić information content (AvgIpc) is 2.79. The summed E-state index contributed by atoms with van der Waals surface area (Å²) in [6, 6.07) is 17.8. The molecular formula is C24H27N5O. The Morgan fingerprint density at radius 3 is 2.57 bits per heavy atom. The second-order valence-electron chi connectivity index (χ2n) is 7.66. The van der Waals surface area contributed by atoms with Crippen LogP contribution in [0.2, 0.25) is 0 Å². The molecule has 1 aliphatic rings. The summed E-state index contributed by atoms with van der Waals surface area (Å²) in [5.41, 5.74) is 11.2. The number of pyridine rings is 2. The quantitative estimate of drug-likeness (QED) is 0.632. The summed E-state index contributed by atoms with van der Waals surface area (Å²) < 4.78 is 0. The summed E-state index contributed by atoms with van der Waals surface area (Å²) in [6.45, 7) is 1.97. The van der Waals surface area contributed by atoms with Crippen LogP contribution in [0.4, 0.5) is 4.79 Å². The fraction of sp³-hybridized carbons (Fsp3) is 0.292. The SMILES string of the molecule is NC(=O)N(Cc1ccc(CNCc2ccccn2)cc1)C1CCCc2cccnc21. The highest BCUT2D eigenvalue weighted by Crippen LogP contribution is 2.33. The van der Waals surface area contributed by atoms with Gasteiger partial charge in [-0.1, -0.05) is 36.4 Å². The van der Waals surface area contributed by atoms with E-state index in [-0.39, 0.29) is 6.04 Å². The van der Waals surface area contributed by atoms with E-state index in [1.807, 2.05) is 24.3 Å². The van der Waals surface area contributed by atoms with Crippen LogP contribution in [0.25, 0.3) is 0 Å². The number of fused-ring (bicyclic) bond motifs is 1. The van der Waals surface area contributed by atoms with Crippen LogP contribution in [-0.2, 0) is 26.1 Å². The number of aryl methyl sites for hydroxylation is 1.